The molecular formula is C16H24FNO6. The van der Waals surface area contributed by atoms with E-state index in [9.17, 15) is 29.9 Å². The fraction of sp³-hybridized carbons (Fsp3) is 0.625. The van der Waals surface area contributed by atoms with Gasteiger partial charge in [-0.2, -0.15) is 0 Å². The zero-order valence-electron chi connectivity index (χ0n) is 14.4. The van der Waals surface area contributed by atoms with E-state index in [1.165, 1.54) is 4.90 Å². The fourth-order valence-electron chi connectivity index (χ4n) is 3.29. The molecule has 1 aliphatic heterocycles. The van der Waals surface area contributed by atoms with Crippen LogP contribution in [0.5, 0.6) is 17.2 Å². The number of hydrogen-bond donors (Lipinski definition) is 5. The molecule has 0 radical (unpaired) electrons. The van der Waals surface area contributed by atoms with Crippen molar-refractivity contribution in [3.63, 3.8) is 0 Å². The lowest BCUT2D eigenvalue weighted by atomic mass is 9.95. The molecule has 0 bridgehead atoms. The average Bonchev–Trinajstić information content (AvgIpc) is 2.39. The summed E-state index contributed by atoms with van der Waals surface area (Å²) in [5, 5.41) is 51.1. The topological polar surface area (TPSA) is 114 Å². The molecule has 1 aliphatic rings. The van der Waals surface area contributed by atoms with Crippen LogP contribution >= 0.6 is 0 Å². The molecule has 0 aromatic heterocycles. The van der Waals surface area contributed by atoms with E-state index in [4.69, 9.17) is 4.74 Å². The lowest BCUT2D eigenvalue weighted by Gasteiger charge is -2.50. The highest BCUT2D eigenvalue weighted by Gasteiger charge is 2.49. The fourth-order valence-corrected chi connectivity index (χ4v) is 3.29. The summed E-state index contributed by atoms with van der Waals surface area (Å²) in [6.07, 6.45) is 0. The molecule has 1 heterocycles. The molecule has 1 fully saturated rings. The molecule has 0 spiro atoms. The highest BCUT2D eigenvalue weighted by molar-refractivity contribution is 5.58. The summed E-state index contributed by atoms with van der Waals surface area (Å²) in [4.78, 5) is 1.18. The van der Waals surface area contributed by atoms with Gasteiger partial charge < -0.3 is 30.3 Å². The summed E-state index contributed by atoms with van der Waals surface area (Å²) in [7, 11) is 0. The number of phenols is 3. The third-order valence-corrected chi connectivity index (χ3v) is 4.06. The predicted octanol–water partition coefficient (Wildman–Crippen LogP) is 1.24. The first-order valence-corrected chi connectivity index (χ1v) is 7.53. The summed E-state index contributed by atoms with van der Waals surface area (Å²) >= 11 is 0. The van der Waals surface area contributed by atoms with Crippen molar-refractivity contribution in [3.05, 3.63) is 16.9 Å². The van der Waals surface area contributed by atoms with E-state index in [2.05, 4.69) is 0 Å². The molecule has 0 unspecified atom stereocenters. The lowest BCUT2D eigenvalue weighted by Crippen LogP contribution is -2.63. The van der Waals surface area contributed by atoms with Gasteiger partial charge in [0.25, 0.3) is 5.91 Å². The van der Waals surface area contributed by atoms with Crippen LogP contribution in [0.15, 0.2) is 0 Å². The molecule has 5 N–H and O–H groups in total. The Kier molecular flexibility index (Phi) is 4.25. The maximum Gasteiger partial charge on any atom is 0.261 e. The first kappa shape index (κ1) is 18.7. The van der Waals surface area contributed by atoms with E-state index in [-0.39, 0.29) is 13.1 Å². The van der Waals surface area contributed by atoms with Crippen molar-refractivity contribution < 1.29 is 34.7 Å². The third kappa shape index (κ3) is 3.02. The van der Waals surface area contributed by atoms with Crippen molar-refractivity contribution in [2.45, 2.75) is 51.7 Å². The Balaban J connectivity index is 2.59. The van der Waals surface area contributed by atoms with Crippen LogP contribution in [0.3, 0.4) is 0 Å². The van der Waals surface area contributed by atoms with Gasteiger partial charge in [-0.05, 0) is 34.6 Å². The van der Waals surface area contributed by atoms with Crippen LogP contribution in [0, 0.1) is 12.7 Å². The van der Waals surface area contributed by atoms with Crippen LogP contribution in [0.4, 0.5) is 4.39 Å². The molecule has 1 aromatic rings. The number of phenolic OH excluding ortho intramolecular Hbond substituents is 3. The second-order valence-corrected chi connectivity index (χ2v) is 7.47. The smallest absolute Gasteiger partial charge is 0.261 e. The van der Waals surface area contributed by atoms with E-state index in [1.807, 2.05) is 0 Å². The Morgan fingerprint density at radius 1 is 0.958 bits per heavy atom. The minimum absolute atomic E-state index is 0.0551. The predicted molar refractivity (Wildman–Crippen MR) is 83.1 cm³/mol. The van der Waals surface area contributed by atoms with Gasteiger partial charge in [0.1, 0.15) is 11.3 Å². The van der Waals surface area contributed by atoms with Gasteiger partial charge in [0.15, 0.2) is 17.3 Å². The number of rotatable bonds is 2. The van der Waals surface area contributed by atoms with E-state index < -0.39 is 51.3 Å². The van der Waals surface area contributed by atoms with Crippen LogP contribution in [0.1, 0.15) is 38.8 Å². The molecule has 136 valence electrons. The summed E-state index contributed by atoms with van der Waals surface area (Å²) in [5.41, 5.74) is -2.67. The van der Waals surface area contributed by atoms with E-state index in [1.54, 1.807) is 27.7 Å². The van der Waals surface area contributed by atoms with E-state index >= 15 is 0 Å². The maximum atomic E-state index is 13.7. The van der Waals surface area contributed by atoms with Crippen molar-refractivity contribution in [2.75, 3.05) is 13.1 Å². The number of morpholine rings is 1. The SMILES string of the molecule is Cc1c(O)c(C(O)(O)N2CC(C)(C)OC(C)(C)C2)c(O)c(O)c1F. The summed E-state index contributed by atoms with van der Waals surface area (Å²) < 4.78 is 19.6. The normalized spacial score (nSPS) is 21.0. The zero-order chi connectivity index (χ0) is 18.7. The monoisotopic (exact) mass is 345 g/mol. The van der Waals surface area contributed by atoms with Crippen molar-refractivity contribution in [3.8, 4) is 17.2 Å². The third-order valence-electron chi connectivity index (χ3n) is 4.06. The van der Waals surface area contributed by atoms with Crippen LogP contribution in [0.2, 0.25) is 0 Å². The highest BCUT2D eigenvalue weighted by atomic mass is 19.1. The van der Waals surface area contributed by atoms with Crippen LogP contribution in [0.25, 0.3) is 0 Å². The van der Waals surface area contributed by atoms with Gasteiger partial charge in [0, 0.05) is 18.7 Å². The molecule has 1 saturated heterocycles. The van der Waals surface area contributed by atoms with Gasteiger partial charge in [-0.3, -0.25) is 0 Å². The van der Waals surface area contributed by atoms with Gasteiger partial charge >= 0.3 is 0 Å². The minimum Gasteiger partial charge on any atom is -0.507 e. The molecular weight excluding hydrogens is 321 g/mol. The first-order valence-electron chi connectivity index (χ1n) is 7.53. The quantitative estimate of drug-likeness (QED) is 0.311. The Hall–Kier alpha value is -1.61. The van der Waals surface area contributed by atoms with E-state index in [0.717, 1.165) is 6.92 Å². The highest BCUT2D eigenvalue weighted by Crippen LogP contribution is 2.47. The molecule has 24 heavy (non-hydrogen) atoms. The Morgan fingerprint density at radius 3 is 1.88 bits per heavy atom. The Labute approximate surface area is 139 Å². The van der Waals surface area contributed by atoms with Crippen LogP contribution in [-0.2, 0) is 10.6 Å². The standard InChI is InChI=1S/C16H24FNO6/c1-8-10(17)13(21)12(20)9(11(8)19)16(22,23)18-6-14(2,3)24-15(4,5)7-18/h19-23H,6-7H2,1-5H3. The first-order chi connectivity index (χ1) is 10.7. The Bertz CT molecular complexity index is 626. The lowest BCUT2D eigenvalue weighted by molar-refractivity contribution is -0.322. The van der Waals surface area contributed by atoms with Crippen molar-refractivity contribution >= 4 is 0 Å². The molecule has 0 amide bonds. The number of benzene rings is 1. The molecule has 8 heteroatoms. The average molecular weight is 345 g/mol. The summed E-state index contributed by atoms with van der Waals surface area (Å²) in [6, 6.07) is 0. The second kappa shape index (κ2) is 5.45. The van der Waals surface area contributed by atoms with Gasteiger partial charge in [-0.25, -0.2) is 9.29 Å². The number of aromatic hydroxyl groups is 3. The number of nitrogens with zero attached hydrogens (tertiary/aromatic N) is 1. The van der Waals surface area contributed by atoms with Gasteiger partial charge in [-0.1, -0.05) is 0 Å². The second-order valence-electron chi connectivity index (χ2n) is 7.47. The van der Waals surface area contributed by atoms with Crippen LogP contribution < -0.4 is 0 Å². The number of ether oxygens (including phenoxy) is 1. The zero-order valence-corrected chi connectivity index (χ0v) is 14.4. The van der Waals surface area contributed by atoms with Gasteiger partial charge in [0.05, 0.1) is 11.2 Å². The Morgan fingerprint density at radius 2 is 1.42 bits per heavy atom. The van der Waals surface area contributed by atoms with Gasteiger partial charge in [0.2, 0.25) is 0 Å². The summed E-state index contributed by atoms with van der Waals surface area (Å²) in [6.45, 7) is 8.28. The minimum atomic E-state index is -2.84. The molecule has 0 saturated carbocycles. The van der Waals surface area contributed by atoms with Crippen molar-refractivity contribution in [2.24, 2.45) is 0 Å². The van der Waals surface area contributed by atoms with Crippen molar-refractivity contribution in [1.29, 1.82) is 0 Å². The largest absolute Gasteiger partial charge is 0.507 e. The molecule has 0 atom stereocenters. The van der Waals surface area contributed by atoms with Crippen LogP contribution in [-0.4, -0.2) is 54.7 Å². The van der Waals surface area contributed by atoms with E-state index in [0.29, 0.717) is 0 Å². The molecule has 1 aromatic carbocycles. The van der Waals surface area contributed by atoms with Gasteiger partial charge in [-0.15, -0.1) is 0 Å². The number of halogens is 1. The molecule has 0 aliphatic carbocycles. The maximum absolute atomic E-state index is 13.7. The van der Waals surface area contributed by atoms with Crippen molar-refractivity contribution in [1.82, 2.24) is 4.90 Å². The summed E-state index contributed by atoms with van der Waals surface area (Å²) in [5.74, 6) is -7.19. The number of hydrogen-bond acceptors (Lipinski definition) is 7. The molecule has 7 nitrogen and oxygen atoms in total. The number of aliphatic hydroxyl groups is 2. The molecule has 2 rings (SSSR count).